The summed E-state index contributed by atoms with van der Waals surface area (Å²) in [5.41, 5.74) is 4.68. The summed E-state index contributed by atoms with van der Waals surface area (Å²) in [5, 5.41) is 1.47. The quantitative estimate of drug-likeness (QED) is 0.630. The zero-order valence-corrected chi connectivity index (χ0v) is 12.6. The van der Waals surface area contributed by atoms with Gasteiger partial charge in [0.25, 0.3) is 5.24 Å². The molecule has 3 aromatic rings. The number of hydrogen-bond donors (Lipinski definition) is 0. The van der Waals surface area contributed by atoms with Crippen molar-refractivity contribution >= 4 is 27.6 Å². The van der Waals surface area contributed by atoms with E-state index in [-0.39, 0.29) is 0 Å². The fraction of sp³-hybridized carbons (Fsp3) is 0.111. The summed E-state index contributed by atoms with van der Waals surface area (Å²) in [4.78, 5) is 16.0. The number of halogens is 1. The van der Waals surface area contributed by atoms with Gasteiger partial charge in [0.1, 0.15) is 0 Å². The molecule has 0 aliphatic carbocycles. The zero-order valence-electron chi connectivity index (χ0n) is 11.9. The van der Waals surface area contributed by atoms with E-state index in [2.05, 4.69) is 23.2 Å². The largest absolute Gasteiger partial charge is 0.276 e. The number of carbonyl (C=O) groups is 1. The van der Waals surface area contributed by atoms with Gasteiger partial charge in [-0.3, -0.25) is 9.78 Å². The Labute approximate surface area is 128 Å². The van der Waals surface area contributed by atoms with E-state index in [1.54, 1.807) is 6.07 Å². The normalized spacial score (nSPS) is 10.8. The second-order valence-corrected chi connectivity index (χ2v) is 5.46. The van der Waals surface area contributed by atoms with Crippen LogP contribution in [-0.4, -0.2) is 10.2 Å². The van der Waals surface area contributed by atoms with Crippen molar-refractivity contribution in [3.63, 3.8) is 0 Å². The van der Waals surface area contributed by atoms with Crippen LogP contribution in [0, 0.1) is 13.8 Å². The molecule has 0 amide bonds. The summed E-state index contributed by atoms with van der Waals surface area (Å²) >= 11 is 5.68. The maximum atomic E-state index is 11.6. The third-order valence-corrected chi connectivity index (χ3v) is 3.73. The van der Waals surface area contributed by atoms with Crippen molar-refractivity contribution in [3.05, 3.63) is 65.5 Å². The van der Waals surface area contributed by atoms with Crippen LogP contribution in [0.2, 0.25) is 0 Å². The first kappa shape index (κ1) is 13.8. The summed E-state index contributed by atoms with van der Waals surface area (Å²) in [7, 11) is 0. The van der Waals surface area contributed by atoms with Crippen LogP contribution in [0.4, 0.5) is 0 Å². The molecule has 2 nitrogen and oxygen atoms in total. The first-order valence-corrected chi connectivity index (χ1v) is 7.11. The highest BCUT2D eigenvalue weighted by atomic mass is 35.5. The van der Waals surface area contributed by atoms with Crippen molar-refractivity contribution in [1.29, 1.82) is 0 Å². The molecular weight excluding hydrogens is 282 g/mol. The highest BCUT2D eigenvalue weighted by Crippen LogP contribution is 2.31. The van der Waals surface area contributed by atoms with E-state index in [0.29, 0.717) is 5.56 Å². The summed E-state index contributed by atoms with van der Waals surface area (Å²) in [6, 6.07) is 15.7. The van der Waals surface area contributed by atoms with Gasteiger partial charge in [-0.1, -0.05) is 30.3 Å². The zero-order chi connectivity index (χ0) is 15.0. The first-order valence-electron chi connectivity index (χ1n) is 6.73. The molecule has 0 radical (unpaired) electrons. The van der Waals surface area contributed by atoms with Crippen molar-refractivity contribution in [2.75, 3.05) is 0 Å². The highest BCUT2D eigenvalue weighted by Gasteiger charge is 2.11. The number of fused-ring (bicyclic) bond motifs is 1. The predicted octanol–water partition coefficient (Wildman–Crippen LogP) is 4.90. The Morgan fingerprint density at radius 3 is 2.24 bits per heavy atom. The molecule has 0 aliphatic heterocycles. The van der Waals surface area contributed by atoms with Gasteiger partial charge in [0.2, 0.25) is 0 Å². The second kappa shape index (κ2) is 5.30. The molecule has 0 unspecified atom stereocenters. The van der Waals surface area contributed by atoms with E-state index in [1.165, 1.54) is 0 Å². The van der Waals surface area contributed by atoms with Crippen molar-refractivity contribution < 1.29 is 4.79 Å². The third-order valence-electron chi connectivity index (χ3n) is 3.53. The Balaban J connectivity index is 2.33. The number of hydrogen-bond acceptors (Lipinski definition) is 2. The van der Waals surface area contributed by atoms with Crippen LogP contribution in [0.15, 0.2) is 48.5 Å². The molecule has 3 rings (SSSR count). The lowest BCUT2D eigenvalue weighted by Gasteiger charge is -2.10. The fourth-order valence-electron chi connectivity index (χ4n) is 2.72. The third kappa shape index (κ3) is 2.55. The Kier molecular flexibility index (Phi) is 3.48. The van der Waals surface area contributed by atoms with E-state index < -0.39 is 5.24 Å². The molecule has 0 bridgehead atoms. The van der Waals surface area contributed by atoms with Gasteiger partial charge in [-0.2, -0.15) is 0 Å². The minimum absolute atomic E-state index is 0.431. The number of pyridine rings is 1. The van der Waals surface area contributed by atoms with Crippen LogP contribution >= 0.6 is 11.6 Å². The molecule has 0 saturated heterocycles. The number of benzene rings is 2. The number of nitrogens with zero attached hydrogens (tertiary/aromatic N) is 1. The molecule has 0 spiro atoms. The molecule has 0 aliphatic rings. The van der Waals surface area contributed by atoms with Crippen LogP contribution < -0.4 is 0 Å². The van der Waals surface area contributed by atoms with Crippen LogP contribution in [0.5, 0.6) is 0 Å². The lowest BCUT2D eigenvalue weighted by atomic mass is 9.95. The Morgan fingerprint density at radius 1 is 0.952 bits per heavy atom. The second-order valence-electron chi connectivity index (χ2n) is 5.12. The Hall–Kier alpha value is -2.19. The molecule has 104 valence electrons. The number of aryl methyl sites for hydroxylation is 2. The molecule has 1 heterocycles. The lowest BCUT2D eigenvalue weighted by Crippen LogP contribution is -1.93. The lowest BCUT2D eigenvalue weighted by molar-refractivity contribution is 0.108. The van der Waals surface area contributed by atoms with E-state index in [9.17, 15) is 4.79 Å². The van der Waals surface area contributed by atoms with E-state index in [0.717, 1.165) is 33.3 Å². The van der Waals surface area contributed by atoms with Crippen molar-refractivity contribution in [1.82, 2.24) is 4.98 Å². The maximum Gasteiger partial charge on any atom is 0.253 e. The standard InChI is InChI=1S/C18H14ClNO/c1-11-9-13(10-12(2)20-11)14-5-3-7-16-15(14)6-4-8-17(16)18(19)21/h3-10H,1-2H3. The van der Waals surface area contributed by atoms with Gasteiger partial charge in [-0.25, -0.2) is 0 Å². The molecule has 0 N–H and O–H groups in total. The summed E-state index contributed by atoms with van der Waals surface area (Å²) in [6.45, 7) is 3.96. The molecule has 0 saturated carbocycles. The predicted molar refractivity (Wildman–Crippen MR) is 86.8 cm³/mol. The average molecular weight is 296 g/mol. The fourth-order valence-corrected chi connectivity index (χ4v) is 2.89. The number of carbonyl (C=O) groups excluding carboxylic acids is 1. The van der Waals surface area contributed by atoms with Gasteiger partial charge < -0.3 is 0 Å². The van der Waals surface area contributed by atoms with Gasteiger partial charge >= 0.3 is 0 Å². The molecule has 3 heteroatoms. The summed E-state index contributed by atoms with van der Waals surface area (Å²) < 4.78 is 0. The number of aromatic nitrogens is 1. The van der Waals surface area contributed by atoms with E-state index in [4.69, 9.17) is 11.6 Å². The Bertz CT molecular complexity index is 835. The monoisotopic (exact) mass is 295 g/mol. The van der Waals surface area contributed by atoms with Crippen molar-refractivity contribution in [3.8, 4) is 11.1 Å². The molecule has 0 fully saturated rings. The topological polar surface area (TPSA) is 30.0 Å². The Morgan fingerprint density at radius 2 is 1.57 bits per heavy atom. The van der Waals surface area contributed by atoms with Crippen LogP contribution in [0.3, 0.4) is 0 Å². The molecule has 2 aromatic carbocycles. The summed E-state index contributed by atoms with van der Waals surface area (Å²) in [6.07, 6.45) is 0. The van der Waals surface area contributed by atoms with E-state index in [1.807, 2.05) is 38.1 Å². The van der Waals surface area contributed by atoms with Crippen LogP contribution in [0.25, 0.3) is 21.9 Å². The minimum Gasteiger partial charge on any atom is -0.276 e. The van der Waals surface area contributed by atoms with Gasteiger partial charge in [-0.15, -0.1) is 0 Å². The first-order chi connectivity index (χ1) is 10.1. The van der Waals surface area contributed by atoms with E-state index >= 15 is 0 Å². The number of rotatable bonds is 2. The summed E-state index contributed by atoms with van der Waals surface area (Å²) in [5.74, 6) is 0. The van der Waals surface area contributed by atoms with Crippen molar-refractivity contribution in [2.24, 2.45) is 0 Å². The molecular formula is C18H14ClNO. The SMILES string of the molecule is Cc1cc(-c2cccc3c(C(=O)Cl)cccc23)cc(C)n1. The minimum atomic E-state index is -0.431. The maximum absolute atomic E-state index is 11.6. The highest BCUT2D eigenvalue weighted by molar-refractivity contribution is 6.68. The van der Waals surface area contributed by atoms with Gasteiger partial charge in [0, 0.05) is 17.0 Å². The van der Waals surface area contributed by atoms with Crippen LogP contribution in [0.1, 0.15) is 21.7 Å². The van der Waals surface area contributed by atoms with Gasteiger partial charge in [0.05, 0.1) is 0 Å². The molecule has 21 heavy (non-hydrogen) atoms. The molecule has 0 atom stereocenters. The molecule has 1 aromatic heterocycles. The van der Waals surface area contributed by atoms with Crippen LogP contribution in [-0.2, 0) is 0 Å². The van der Waals surface area contributed by atoms with Crippen molar-refractivity contribution in [2.45, 2.75) is 13.8 Å². The van der Waals surface area contributed by atoms with Gasteiger partial charge in [-0.05, 0) is 65.5 Å². The van der Waals surface area contributed by atoms with Gasteiger partial charge in [0.15, 0.2) is 0 Å². The average Bonchev–Trinajstić information content (AvgIpc) is 2.44. The smallest absolute Gasteiger partial charge is 0.253 e.